The highest BCUT2D eigenvalue weighted by molar-refractivity contribution is 6.01. The molecule has 0 fully saturated rings. The van der Waals surface area contributed by atoms with Gasteiger partial charge in [-0.05, 0) is 24.3 Å². The van der Waals surface area contributed by atoms with E-state index in [1.54, 1.807) is 12.1 Å². The van der Waals surface area contributed by atoms with Gasteiger partial charge >= 0.3 is 5.97 Å². The second-order valence-electron chi connectivity index (χ2n) is 7.34. The number of esters is 1. The van der Waals surface area contributed by atoms with E-state index in [4.69, 9.17) is 9.15 Å². The van der Waals surface area contributed by atoms with Crippen LogP contribution in [0.4, 0.5) is 0 Å². The molecule has 0 atom stereocenters. The lowest BCUT2D eigenvalue weighted by Crippen LogP contribution is -2.04. The van der Waals surface area contributed by atoms with E-state index in [1.165, 1.54) is 0 Å². The molecule has 4 aromatic carbocycles. The Hall–Kier alpha value is -4.37. The fourth-order valence-corrected chi connectivity index (χ4v) is 3.65. The van der Waals surface area contributed by atoms with Crippen LogP contribution >= 0.6 is 0 Å². The lowest BCUT2D eigenvalue weighted by Gasteiger charge is -2.10. The van der Waals surface area contributed by atoms with Crippen LogP contribution in [-0.4, -0.2) is 5.97 Å². The van der Waals surface area contributed by atoms with E-state index in [-0.39, 0.29) is 0 Å². The summed E-state index contributed by atoms with van der Waals surface area (Å²) in [5, 5.41) is 0.954. The van der Waals surface area contributed by atoms with Gasteiger partial charge in [0.15, 0.2) is 0 Å². The summed E-state index contributed by atoms with van der Waals surface area (Å²) >= 11 is 0. The van der Waals surface area contributed by atoms with Gasteiger partial charge in [-0.3, -0.25) is 0 Å². The summed E-state index contributed by atoms with van der Waals surface area (Å²) in [6, 6.07) is 36.4. The number of para-hydroxylation sites is 1. The Morgan fingerprint density at radius 2 is 1.22 bits per heavy atom. The van der Waals surface area contributed by atoms with Crippen LogP contribution < -0.4 is 0 Å². The fourth-order valence-electron chi connectivity index (χ4n) is 3.65. The van der Waals surface area contributed by atoms with Crippen LogP contribution in [0.15, 0.2) is 120 Å². The van der Waals surface area contributed by atoms with Gasteiger partial charge in [0.25, 0.3) is 0 Å². The highest BCUT2D eigenvalue weighted by Gasteiger charge is 2.18. The molecule has 0 saturated carbocycles. The van der Waals surface area contributed by atoms with Crippen LogP contribution in [-0.2, 0) is 4.74 Å². The topological polar surface area (TPSA) is 39.4 Å². The van der Waals surface area contributed by atoms with Gasteiger partial charge in [0.1, 0.15) is 17.1 Å². The lowest BCUT2D eigenvalue weighted by atomic mass is 10.0. The summed E-state index contributed by atoms with van der Waals surface area (Å²) in [6.07, 6.45) is 1.89. The van der Waals surface area contributed by atoms with Gasteiger partial charge in [0.05, 0.1) is 5.56 Å². The third-order valence-electron chi connectivity index (χ3n) is 5.22. The molecule has 3 nitrogen and oxygen atoms in total. The summed E-state index contributed by atoms with van der Waals surface area (Å²) < 4.78 is 12.1. The third kappa shape index (κ3) is 3.96. The Bertz CT molecular complexity index is 1380. The average Bonchev–Trinajstić information content (AvgIpc) is 3.23. The van der Waals surface area contributed by atoms with Crippen LogP contribution in [0, 0.1) is 0 Å². The zero-order valence-corrected chi connectivity index (χ0v) is 17.3. The molecule has 154 valence electrons. The molecule has 5 aromatic rings. The Labute approximate surface area is 186 Å². The average molecular weight is 416 g/mol. The molecule has 3 heteroatoms. The zero-order chi connectivity index (χ0) is 21.8. The number of furan rings is 1. The summed E-state index contributed by atoms with van der Waals surface area (Å²) in [7, 11) is 0. The van der Waals surface area contributed by atoms with Crippen LogP contribution in [0.1, 0.15) is 21.5 Å². The molecule has 1 aromatic heterocycles. The van der Waals surface area contributed by atoms with Crippen LogP contribution in [0.25, 0.3) is 34.1 Å². The molecule has 0 N–H and O–H groups in total. The predicted octanol–water partition coefficient (Wildman–Crippen LogP) is 7.45. The van der Waals surface area contributed by atoms with Crippen molar-refractivity contribution in [3.05, 3.63) is 132 Å². The molecular weight excluding hydrogens is 396 g/mol. The number of carbonyl (C=O) groups excluding carboxylic acids is 1. The molecule has 0 saturated heterocycles. The minimum atomic E-state index is -0.408. The molecule has 0 aliphatic heterocycles. The van der Waals surface area contributed by atoms with E-state index < -0.39 is 5.97 Å². The standard InChI is InChI=1S/C29H20O3/c30-29(23-16-8-3-9-17-23)32-27(21-12-4-1-5-13-21)20-25-24-18-10-11-19-26(24)31-28(25)22-14-6-2-7-15-22/h1-20H/b27-20-. The van der Waals surface area contributed by atoms with E-state index in [0.717, 1.165) is 33.4 Å². The Morgan fingerprint density at radius 1 is 0.656 bits per heavy atom. The van der Waals surface area contributed by atoms with Crippen LogP contribution in [0.3, 0.4) is 0 Å². The van der Waals surface area contributed by atoms with Crippen molar-refractivity contribution in [1.29, 1.82) is 0 Å². The molecule has 0 spiro atoms. The van der Waals surface area contributed by atoms with E-state index in [2.05, 4.69) is 0 Å². The number of hydrogen-bond donors (Lipinski definition) is 0. The highest BCUT2D eigenvalue weighted by atomic mass is 16.5. The lowest BCUT2D eigenvalue weighted by molar-refractivity contribution is 0.0693. The molecule has 0 aliphatic rings. The van der Waals surface area contributed by atoms with Gasteiger partial charge < -0.3 is 9.15 Å². The van der Waals surface area contributed by atoms with Crippen molar-refractivity contribution in [2.45, 2.75) is 0 Å². The summed E-state index contributed by atoms with van der Waals surface area (Å²) in [4.78, 5) is 12.9. The maximum Gasteiger partial charge on any atom is 0.343 e. The Morgan fingerprint density at radius 3 is 1.91 bits per heavy atom. The molecule has 5 rings (SSSR count). The van der Waals surface area contributed by atoms with Crippen molar-refractivity contribution in [2.75, 3.05) is 0 Å². The van der Waals surface area contributed by atoms with Gasteiger partial charge in [-0.1, -0.05) is 97.1 Å². The Balaban J connectivity index is 1.67. The van der Waals surface area contributed by atoms with E-state index in [1.807, 2.05) is 109 Å². The first-order chi connectivity index (χ1) is 15.8. The molecule has 0 radical (unpaired) electrons. The molecule has 0 bridgehead atoms. The largest absolute Gasteiger partial charge is 0.455 e. The second kappa shape index (κ2) is 8.78. The minimum absolute atomic E-state index is 0.408. The number of benzene rings is 4. The van der Waals surface area contributed by atoms with Gasteiger partial charge in [-0.25, -0.2) is 4.79 Å². The van der Waals surface area contributed by atoms with E-state index in [9.17, 15) is 4.79 Å². The van der Waals surface area contributed by atoms with Gasteiger partial charge in [-0.15, -0.1) is 0 Å². The number of fused-ring (bicyclic) bond motifs is 1. The number of rotatable bonds is 5. The quantitative estimate of drug-likeness (QED) is 0.221. The SMILES string of the molecule is O=C(O/C(=C\c1c(-c2ccccc2)oc2ccccc12)c1ccccc1)c1ccccc1. The molecule has 32 heavy (non-hydrogen) atoms. The predicted molar refractivity (Wildman–Crippen MR) is 128 cm³/mol. The fraction of sp³-hybridized carbons (Fsp3) is 0. The number of ether oxygens (including phenoxy) is 1. The summed E-state index contributed by atoms with van der Waals surface area (Å²) in [6.45, 7) is 0. The van der Waals surface area contributed by atoms with Crippen molar-refractivity contribution in [1.82, 2.24) is 0 Å². The summed E-state index contributed by atoms with van der Waals surface area (Å²) in [5.41, 5.74) is 3.90. The van der Waals surface area contributed by atoms with Crippen molar-refractivity contribution in [3.8, 4) is 11.3 Å². The van der Waals surface area contributed by atoms with Crippen LogP contribution in [0.5, 0.6) is 0 Å². The highest BCUT2D eigenvalue weighted by Crippen LogP contribution is 2.36. The molecular formula is C29H20O3. The first-order valence-corrected chi connectivity index (χ1v) is 10.4. The molecule has 0 aliphatic carbocycles. The zero-order valence-electron chi connectivity index (χ0n) is 17.3. The van der Waals surface area contributed by atoms with Crippen molar-refractivity contribution in [2.24, 2.45) is 0 Å². The van der Waals surface area contributed by atoms with Crippen molar-refractivity contribution >= 4 is 28.8 Å². The smallest absolute Gasteiger partial charge is 0.343 e. The third-order valence-corrected chi connectivity index (χ3v) is 5.22. The molecule has 0 amide bonds. The van der Waals surface area contributed by atoms with E-state index in [0.29, 0.717) is 11.3 Å². The maximum absolute atomic E-state index is 12.9. The van der Waals surface area contributed by atoms with Gasteiger partial charge in [0, 0.05) is 22.1 Å². The maximum atomic E-state index is 12.9. The first-order valence-electron chi connectivity index (χ1n) is 10.4. The number of hydrogen-bond acceptors (Lipinski definition) is 3. The van der Waals surface area contributed by atoms with Gasteiger partial charge in [-0.2, -0.15) is 0 Å². The van der Waals surface area contributed by atoms with Crippen molar-refractivity contribution in [3.63, 3.8) is 0 Å². The Kier molecular flexibility index (Phi) is 5.38. The normalized spacial score (nSPS) is 11.4. The van der Waals surface area contributed by atoms with Gasteiger partial charge in [0.2, 0.25) is 0 Å². The van der Waals surface area contributed by atoms with Crippen molar-refractivity contribution < 1.29 is 13.9 Å². The minimum Gasteiger partial charge on any atom is -0.455 e. The monoisotopic (exact) mass is 416 g/mol. The van der Waals surface area contributed by atoms with E-state index >= 15 is 0 Å². The number of carbonyl (C=O) groups is 1. The van der Waals surface area contributed by atoms with Crippen LogP contribution in [0.2, 0.25) is 0 Å². The summed E-state index contributed by atoms with van der Waals surface area (Å²) in [5.74, 6) is 0.786. The molecule has 1 heterocycles. The second-order valence-corrected chi connectivity index (χ2v) is 7.34. The first kappa shape index (κ1) is 19.6. The molecule has 0 unspecified atom stereocenters.